The lowest BCUT2D eigenvalue weighted by molar-refractivity contribution is 0.317. The van der Waals surface area contributed by atoms with E-state index in [9.17, 15) is 0 Å². The molecule has 0 radical (unpaired) electrons. The summed E-state index contributed by atoms with van der Waals surface area (Å²) in [7, 11) is 0. The Kier molecular flexibility index (Phi) is 7.34. The van der Waals surface area contributed by atoms with E-state index in [-0.39, 0.29) is 0 Å². The SMILES string of the molecule is CSC(=S)OCCCN=[N+]=[N-]. The van der Waals surface area contributed by atoms with Gasteiger partial charge in [0.1, 0.15) is 0 Å². The maximum absolute atomic E-state index is 7.91. The van der Waals surface area contributed by atoms with Crippen molar-refractivity contribution in [3.63, 3.8) is 0 Å². The van der Waals surface area contributed by atoms with Crippen LogP contribution in [0.25, 0.3) is 10.4 Å². The first kappa shape index (κ1) is 10.6. The number of nitrogens with zero attached hydrogens (tertiary/aromatic N) is 3. The lowest BCUT2D eigenvalue weighted by Crippen LogP contribution is -1.99. The van der Waals surface area contributed by atoms with Crippen molar-refractivity contribution in [2.45, 2.75) is 6.42 Å². The predicted octanol–water partition coefficient (Wildman–Crippen LogP) is 2.35. The van der Waals surface area contributed by atoms with Gasteiger partial charge in [0.25, 0.3) is 0 Å². The second-order valence-electron chi connectivity index (χ2n) is 1.61. The number of azide groups is 1. The summed E-state index contributed by atoms with van der Waals surface area (Å²) < 4.78 is 5.58. The van der Waals surface area contributed by atoms with Gasteiger partial charge in [0.05, 0.1) is 6.61 Å². The van der Waals surface area contributed by atoms with Crippen LogP contribution in [0.3, 0.4) is 0 Å². The van der Waals surface area contributed by atoms with Crippen molar-refractivity contribution in [3.8, 4) is 0 Å². The second kappa shape index (κ2) is 7.65. The Bertz CT molecular complexity index is 167. The Hall–Kier alpha value is -0.450. The van der Waals surface area contributed by atoms with Crippen LogP contribution in [0.1, 0.15) is 6.42 Å². The van der Waals surface area contributed by atoms with Crippen LogP contribution in [0.2, 0.25) is 0 Å². The molecule has 0 spiro atoms. The zero-order valence-corrected chi connectivity index (χ0v) is 7.82. The largest absolute Gasteiger partial charge is 0.479 e. The average Bonchev–Trinajstić information content (AvgIpc) is 2.04. The van der Waals surface area contributed by atoms with E-state index in [0.717, 1.165) is 0 Å². The summed E-state index contributed by atoms with van der Waals surface area (Å²) in [6.07, 6.45) is 2.57. The number of rotatable bonds is 4. The highest BCUT2D eigenvalue weighted by Gasteiger charge is 1.91. The molecule has 0 rings (SSSR count). The van der Waals surface area contributed by atoms with Gasteiger partial charge in [0, 0.05) is 11.5 Å². The van der Waals surface area contributed by atoms with Gasteiger partial charge in [-0.05, 0) is 30.4 Å². The van der Waals surface area contributed by atoms with Crippen LogP contribution in [0.4, 0.5) is 0 Å². The highest BCUT2D eigenvalue weighted by molar-refractivity contribution is 8.22. The summed E-state index contributed by atoms with van der Waals surface area (Å²) >= 11 is 6.16. The fraction of sp³-hybridized carbons (Fsp3) is 0.800. The van der Waals surface area contributed by atoms with E-state index in [4.69, 9.17) is 22.5 Å². The van der Waals surface area contributed by atoms with Gasteiger partial charge in [-0.15, -0.1) is 0 Å². The number of thioether (sulfide) groups is 1. The van der Waals surface area contributed by atoms with Crippen LogP contribution in [-0.2, 0) is 4.74 Å². The van der Waals surface area contributed by atoms with Crippen molar-refractivity contribution in [1.82, 2.24) is 0 Å². The molecule has 0 aromatic rings. The van der Waals surface area contributed by atoms with Gasteiger partial charge < -0.3 is 4.74 Å². The molecule has 0 heterocycles. The molecule has 0 aromatic heterocycles. The Balaban J connectivity index is 3.14. The van der Waals surface area contributed by atoms with Crippen molar-refractivity contribution >= 4 is 28.4 Å². The summed E-state index contributed by atoms with van der Waals surface area (Å²) in [5, 5.41) is 3.34. The third-order valence-electron chi connectivity index (χ3n) is 0.852. The summed E-state index contributed by atoms with van der Waals surface area (Å²) in [5.41, 5.74) is 7.91. The molecule has 0 bridgehead atoms. The van der Waals surface area contributed by atoms with Crippen molar-refractivity contribution in [3.05, 3.63) is 10.4 Å². The molecule has 0 aliphatic carbocycles. The number of hydrogen-bond donors (Lipinski definition) is 0. The lowest BCUT2D eigenvalue weighted by atomic mass is 10.5. The Morgan fingerprint density at radius 1 is 1.82 bits per heavy atom. The molecule has 4 nitrogen and oxygen atoms in total. The molecule has 0 aliphatic rings. The topological polar surface area (TPSA) is 58.0 Å². The van der Waals surface area contributed by atoms with E-state index in [2.05, 4.69) is 10.0 Å². The molecule has 0 aliphatic heterocycles. The Labute approximate surface area is 74.9 Å². The van der Waals surface area contributed by atoms with Gasteiger partial charge in [-0.3, -0.25) is 0 Å². The van der Waals surface area contributed by atoms with Crippen LogP contribution in [-0.4, -0.2) is 23.8 Å². The normalized spacial score (nSPS) is 8.45. The zero-order chi connectivity index (χ0) is 8.53. The maximum atomic E-state index is 7.91. The molecular formula is C5H9N3OS2. The first-order chi connectivity index (χ1) is 5.31. The van der Waals surface area contributed by atoms with Crippen LogP contribution < -0.4 is 0 Å². The fourth-order valence-corrected chi connectivity index (χ4v) is 0.679. The molecule has 11 heavy (non-hydrogen) atoms. The van der Waals surface area contributed by atoms with Gasteiger partial charge >= 0.3 is 0 Å². The highest BCUT2D eigenvalue weighted by atomic mass is 32.2. The van der Waals surface area contributed by atoms with E-state index in [1.54, 1.807) is 0 Å². The maximum Gasteiger partial charge on any atom is 0.219 e. The van der Waals surface area contributed by atoms with Crippen molar-refractivity contribution in [1.29, 1.82) is 0 Å². The molecular weight excluding hydrogens is 182 g/mol. The molecule has 0 amide bonds. The smallest absolute Gasteiger partial charge is 0.219 e. The number of thiocarbonyl (C=S) groups is 1. The molecule has 6 heteroatoms. The fourth-order valence-electron chi connectivity index (χ4n) is 0.394. The summed E-state index contributed by atoms with van der Waals surface area (Å²) in [4.78, 5) is 2.60. The minimum atomic E-state index is 0.466. The molecule has 0 fully saturated rings. The molecule has 62 valence electrons. The lowest BCUT2D eigenvalue weighted by Gasteiger charge is -2.01. The van der Waals surface area contributed by atoms with Gasteiger partial charge in [-0.25, -0.2) is 0 Å². The van der Waals surface area contributed by atoms with E-state index in [1.807, 2.05) is 6.26 Å². The number of ether oxygens (including phenoxy) is 1. The molecule has 0 N–H and O–H groups in total. The van der Waals surface area contributed by atoms with Crippen LogP contribution in [0.5, 0.6) is 0 Å². The molecule has 0 saturated carbocycles. The Morgan fingerprint density at radius 3 is 3.09 bits per heavy atom. The second-order valence-corrected chi connectivity index (χ2v) is 3.02. The predicted molar refractivity (Wildman–Crippen MR) is 50.7 cm³/mol. The zero-order valence-electron chi connectivity index (χ0n) is 6.19. The molecule has 0 unspecified atom stereocenters. The van der Waals surface area contributed by atoms with Crippen LogP contribution in [0.15, 0.2) is 5.11 Å². The quantitative estimate of drug-likeness (QED) is 0.225. The molecule has 0 atom stereocenters. The standard InChI is InChI=1S/C5H9N3OS2/c1-11-5(10)9-4-2-3-7-8-6/h2-4H2,1H3. The van der Waals surface area contributed by atoms with E-state index in [1.165, 1.54) is 11.8 Å². The van der Waals surface area contributed by atoms with Crippen LogP contribution >= 0.6 is 24.0 Å². The monoisotopic (exact) mass is 191 g/mol. The highest BCUT2D eigenvalue weighted by Crippen LogP contribution is 1.99. The summed E-state index contributed by atoms with van der Waals surface area (Å²) in [5.74, 6) is 0. The van der Waals surface area contributed by atoms with E-state index >= 15 is 0 Å². The summed E-state index contributed by atoms with van der Waals surface area (Å²) in [6.45, 7) is 0.992. The third-order valence-corrected chi connectivity index (χ3v) is 1.92. The van der Waals surface area contributed by atoms with Crippen molar-refractivity contribution in [2.75, 3.05) is 19.4 Å². The summed E-state index contributed by atoms with van der Waals surface area (Å²) in [6, 6.07) is 0. The first-order valence-corrected chi connectivity index (χ1v) is 4.66. The van der Waals surface area contributed by atoms with Gasteiger partial charge in [-0.1, -0.05) is 16.9 Å². The van der Waals surface area contributed by atoms with E-state index < -0.39 is 0 Å². The first-order valence-electron chi connectivity index (χ1n) is 3.03. The van der Waals surface area contributed by atoms with Crippen molar-refractivity contribution < 1.29 is 4.74 Å². The van der Waals surface area contributed by atoms with Gasteiger partial charge in [0.2, 0.25) is 4.38 Å². The van der Waals surface area contributed by atoms with Gasteiger partial charge in [0.15, 0.2) is 0 Å². The minimum Gasteiger partial charge on any atom is -0.479 e. The van der Waals surface area contributed by atoms with Gasteiger partial charge in [-0.2, -0.15) is 0 Å². The van der Waals surface area contributed by atoms with E-state index in [0.29, 0.717) is 24.0 Å². The third kappa shape index (κ3) is 7.45. The average molecular weight is 191 g/mol. The Morgan fingerprint density at radius 2 is 2.55 bits per heavy atom. The van der Waals surface area contributed by atoms with Crippen molar-refractivity contribution in [2.24, 2.45) is 5.11 Å². The molecule has 0 aromatic carbocycles. The minimum absolute atomic E-state index is 0.466. The van der Waals surface area contributed by atoms with Crippen LogP contribution in [0, 0.1) is 0 Å². The molecule has 0 saturated heterocycles. The number of hydrogen-bond acceptors (Lipinski definition) is 4.